The first-order chi connectivity index (χ1) is 9.60. The van der Waals surface area contributed by atoms with Crippen LogP contribution in [-0.4, -0.2) is 71.8 Å². The normalized spacial score (nSPS) is 16.4. The highest BCUT2D eigenvalue weighted by Gasteiger charge is 2.25. The summed E-state index contributed by atoms with van der Waals surface area (Å²) in [6.45, 7) is 2.33. The Morgan fingerprint density at radius 3 is 2.70 bits per heavy atom. The second-order valence-corrected chi connectivity index (χ2v) is 4.57. The molecular weight excluding hydrogens is 266 g/mol. The lowest BCUT2D eigenvalue weighted by atomic mass is 10.2. The van der Waals surface area contributed by atoms with Crippen LogP contribution in [0.4, 0.5) is 0 Å². The van der Waals surface area contributed by atoms with Crippen LogP contribution >= 0.6 is 0 Å². The van der Waals surface area contributed by atoms with E-state index >= 15 is 0 Å². The molecule has 1 fully saturated rings. The van der Waals surface area contributed by atoms with Crippen LogP contribution in [0.2, 0.25) is 0 Å². The fourth-order valence-electron chi connectivity index (χ4n) is 2.09. The molecule has 1 amide bonds. The number of rotatable bonds is 5. The number of carbonyl (C=O) groups is 2. The third-order valence-electron chi connectivity index (χ3n) is 3.08. The highest BCUT2D eigenvalue weighted by molar-refractivity contribution is 5.92. The number of carboxylic acid groups (broad SMARTS) is 1. The number of hydrogen-bond donors (Lipinski definition) is 1. The van der Waals surface area contributed by atoms with Crippen molar-refractivity contribution in [3.05, 3.63) is 17.5 Å². The van der Waals surface area contributed by atoms with Gasteiger partial charge < -0.3 is 19.3 Å². The van der Waals surface area contributed by atoms with Crippen LogP contribution in [0.3, 0.4) is 0 Å². The second kappa shape index (κ2) is 6.49. The van der Waals surface area contributed by atoms with Crippen molar-refractivity contribution < 1.29 is 24.0 Å². The molecule has 1 aromatic rings. The number of carboxylic acids is 1. The summed E-state index contributed by atoms with van der Waals surface area (Å²) in [4.78, 5) is 26.2. The number of carbonyl (C=O) groups excluding carboxylic acids is 1. The first kappa shape index (κ1) is 14.5. The van der Waals surface area contributed by atoms with Crippen molar-refractivity contribution in [1.29, 1.82) is 0 Å². The minimum atomic E-state index is -0.856. The van der Waals surface area contributed by atoms with Gasteiger partial charge >= 0.3 is 5.97 Å². The van der Waals surface area contributed by atoms with Crippen molar-refractivity contribution in [2.75, 3.05) is 39.8 Å². The molecule has 0 atom stereocenters. The fraction of sp³-hybridized carbons (Fsp3) is 0.583. The standard InChI is InChI=1S/C12H17N3O5/c1-19-8-9-6-10(13-20-9)12(18)15-4-2-14(3-5-15)7-11(16)17/h6H,2-5,7-8H2,1H3,(H,16,17). The lowest BCUT2D eigenvalue weighted by Gasteiger charge is -2.33. The fourth-order valence-corrected chi connectivity index (χ4v) is 2.09. The Labute approximate surface area is 115 Å². The highest BCUT2D eigenvalue weighted by Crippen LogP contribution is 2.10. The Morgan fingerprint density at radius 2 is 2.10 bits per heavy atom. The molecule has 20 heavy (non-hydrogen) atoms. The number of hydrogen-bond acceptors (Lipinski definition) is 6. The molecule has 0 radical (unpaired) electrons. The molecular formula is C12H17N3O5. The van der Waals surface area contributed by atoms with Crippen molar-refractivity contribution in [2.45, 2.75) is 6.61 Å². The van der Waals surface area contributed by atoms with Crippen LogP contribution in [0.1, 0.15) is 16.2 Å². The smallest absolute Gasteiger partial charge is 0.317 e. The third kappa shape index (κ3) is 3.55. The lowest BCUT2D eigenvalue weighted by molar-refractivity contribution is -0.138. The summed E-state index contributed by atoms with van der Waals surface area (Å²) in [5.41, 5.74) is 0.253. The van der Waals surface area contributed by atoms with Gasteiger partial charge in [0.15, 0.2) is 11.5 Å². The van der Waals surface area contributed by atoms with Gasteiger partial charge in [-0.15, -0.1) is 0 Å². The molecule has 0 saturated carbocycles. The monoisotopic (exact) mass is 283 g/mol. The van der Waals surface area contributed by atoms with Crippen LogP contribution in [0, 0.1) is 0 Å². The summed E-state index contributed by atoms with van der Waals surface area (Å²) >= 11 is 0. The maximum Gasteiger partial charge on any atom is 0.317 e. The Hall–Kier alpha value is -1.93. The average molecular weight is 283 g/mol. The van der Waals surface area contributed by atoms with Crippen molar-refractivity contribution in [1.82, 2.24) is 15.0 Å². The molecule has 1 aliphatic heterocycles. The molecule has 0 bridgehead atoms. The zero-order chi connectivity index (χ0) is 14.5. The van der Waals surface area contributed by atoms with E-state index in [1.54, 1.807) is 15.9 Å². The maximum absolute atomic E-state index is 12.2. The molecule has 1 saturated heterocycles. The molecule has 8 nitrogen and oxygen atoms in total. The number of piperazine rings is 1. The number of aromatic nitrogens is 1. The zero-order valence-corrected chi connectivity index (χ0v) is 11.2. The van der Waals surface area contributed by atoms with Crippen molar-refractivity contribution in [3.63, 3.8) is 0 Å². The van der Waals surface area contributed by atoms with Gasteiger partial charge in [0.2, 0.25) is 0 Å². The van der Waals surface area contributed by atoms with Gasteiger partial charge in [0, 0.05) is 39.4 Å². The van der Waals surface area contributed by atoms with Crippen LogP contribution in [0.15, 0.2) is 10.6 Å². The Morgan fingerprint density at radius 1 is 1.40 bits per heavy atom. The van der Waals surface area contributed by atoms with Gasteiger partial charge in [0.25, 0.3) is 5.91 Å². The SMILES string of the molecule is COCc1cc(C(=O)N2CCN(CC(=O)O)CC2)no1. The van der Waals surface area contributed by atoms with E-state index in [0.717, 1.165) is 0 Å². The van der Waals surface area contributed by atoms with Crippen LogP contribution < -0.4 is 0 Å². The predicted octanol–water partition coefficient (Wildman–Crippen LogP) is -0.337. The Kier molecular flexibility index (Phi) is 4.70. The van der Waals surface area contributed by atoms with E-state index in [1.807, 2.05) is 0 Å². The van der Waals surface area contributed by atoms with Gasteiger partial charge in [-0.3, -0.25) is 14.5 Å². The number of methoxy groups -OCH3 is 1. The molecule has 0 aliphatic carbocycles. The van der Waals surface area contributed by atoms with Crippen LogP contribution in [-0.2, 0) is 16.1 Å². The summed E-state index contributed by atoms with van der Waals surface area (Å²) < 4.78 is 9.88. The van der Waals surface area contributed by atoms with Gasteiger partial charge in [0.1, 0.15) is 6.61 Å². The molecule has 0 unspecified atom stereocenters. The quantitative estimate of drug-likeness (QED) is 0.790. The first-order valence-corrected chi connectivity index (χ1v) is 6.28. The number of aliphatic carboxylic acids is 1. The molecule has 2 rings (SSSR count). The first-order valence-electron chi connectivity index (χ1n) is 6.28. The summed E-state index contributed by atoms with van der Waals surface area (Å²) in [5.74, 6) is -0.558. The van der Waals surface area contributed by atoms with E-state index in [4.69, 9.17) is 14.4 Å². The van der Waals surface area contributed by atoms with Crippen molar-refractivity contribution >= 4 is 11.9 Å². The Balaban J connectivity index is 1.89. The molecule has 8 heteroatoms. The van der Waals surface area contributed by atoms with E-state index in [9.17, 15) is 9.59 Å². The van der Waals surface area contributed by atoms with Crippen LogP contribution in [0.5, 0.6) is 0 Å². The van der Waals surface area contributed by atoms with E-state index in [2.05, 4.69) is 5.16 Å². The molecule has 1 N–H and O–H groups in total. The van der Waals surface area contributed by atoms with E-state index < -0.39 is 5.97 Å². The number of nitrogens with zero attached hydrogens (tertiary/aromatic N) is 3. The van der Waals surface area contributed by atoms with Gasteiger partial charge in [-0.2, -0.15) is 0 Å². The van der Waals surface area contributed by atoms with E-state index in [0.29, 0.717) is 31.9 Å². The van der Waals surface area contributed by atoms with Crippen molar-refractivity contribution in [3.8, 4) is 0 Å². The Bertz CT molecular complexity index is 479. The maximum atomic E-state index is 12.2. The topological polar surface area (TPSA) is 96.1 Å². The van der Waals surface area contributed by atoms with Gasteiger partial charge in [-0.1, -0.05) is 5.16 Å². The number of ether oxygens (including phenoxy) is 1. The van der Waals surface area contributed by atoms with E-state index in [1.165, 1.54) is 7.11 Å². The van der Waals surface area contributed by atoms with Gasteiger partial charge in [0.05, 0.1) is 6.54 Å². The zero-order valence-electron chi connectivity index (χ0n) is 11.2. The molecule has 0 spiro atoms. The molecule has 1 aromatic heterocycles. The largest absolute Gasteiger partial charge is 0.480 e. The van der Waals surface area contributed by atoms with Gasteiger partial charge in [-0.25, -0.2) is 0 Å². The summed E-state index contributed by atoms with van der Waals surface area (Å²) in [5, 5.41) is 12.4. The van der Waals surface area contributed by atoms with Gasteiger partial charge in [-0.05, 0) is 0 Å². The minimum absolute atomic E-state index is 0.00395. The summed E-state index contributed by atoms with van der Waals surface area (Å²) in [6, 6.07) is 1.56. The molecule has 110 valence electrons. The highest BCUT2D eigenvalue weighted by atomic mass is 16.5. The third-order valence-corrected chi connectivity index (χ3v) is 3.08. The summed E-state index contributed by atoms with van der Waals surface area (Å²) in [7, 11) is 1.53. The predicted molar refractivity (Wildman–Crippen MR) is 67.2 cm³/mol. The second-order valence-electron chi connectivity index (χ2n) is 4.57. The van der Waals surface area contributed by atoms with Crippen molar-refractivity contribution in [2.24, 2.45) is 0 Å². The molecule has 2 heterocycles. The van der Waals surface area contributed by atoms with Crippen LogP contribution in [0.25, 0.3) is 0 Å². The lowest BCUT2D eigenvalue weighted by Crippen LogP contribution is -2.49. The molecule has 0 aromatic carbocycles. The number of amides is 1. The minimum Gasteiger partial charge on any atom is -0.480 e. The molecule has 1 aliphatic rings. The summed E-state index contributed by atoms with van der Waals surface area (Å²) in [6.07, 6.45) is 0. The average Bonchev–Trinajstić information content (AvgIpc) is 2.87. The van der Waals surface area contributed by atoms with E-state index in [-0.39, 0.29) is 24.8 Å².